The van der Waals surface area contributed by atoms with Crippen molar-refractivity contribution in [1.29, 1.82) is 0 Å². The fourth-order valence-electron chi connectivity index (χ4n) is 1.58. The molecule has 0 fully saturated rings. The summed E-state index contributed by atoms with van der Waals surface area (Å²) in [5.74, 6) is 0. The molecule has 18 heavy (non-hydrogen) atoms. The standard InChI is InChI=1S/C10H11N5O3/c1-3-13-10(16)14(12-11-13)8-5-4-7(2)6-9(8)15(17)18/h4-6H,3H2,1-2H3. The minimum absolute atomic E-state index is 0.121. The van der Waals surface area contributed by atoms with Crippen molar-refractivity contribution in [2.45, 2.75) is 20.4 Å². The Morgan fingerprint density at radius 1 is 1.39 bits per heavy atom. The molecule has 0 amide bonds. The van der Waals surface area contributed by atoms with Gasteiger partial charge in [-0.25, -0.2) is 4.79 Å². The summed E-state index contributed by atoms with van der Waals surface area (Å²) in [5, 5.41) is 18.2. The number of nitrogens with zero attached hydrogens (tertiary/aromatic N) is 5. The zero-order valence-corrected chi connectivity index (χ0v) is 9.90. The van der Waals surface area contributed by atoms with Crippen molar-refractivity contribution in [3.8, 4) is 5.69 Å². The fraction of sp³-hybridized carbons (Fsp3) is 0.300. The first-order chi connectivity index (χ1) is 8.54. The van der Waals surface area contributed by atoms with Crippen LogP contribution in [0.2, 0.25) is 0 Å². The fourth-order valence-corrected chi connectivity index (χ4v) is 1.58. The second-order valence-corrected chi connectivity index (χ2v) is 3.74. The van der Waals surface area contributed by atoms with Crippen LogP contribution in [-0.4, -0.2) is 24.7 Å². The smallest absolute Gasteiger partial charge is 0.258 e. The number of benzene rings is 1. The molecule has 0 saturated carbocycles. The van der Waals surface area contributed by atoms with E-state index in [1.165, 1.54) is 12.1 Å². The van der Waals surface area contributed by atoms with Crippen molar-refractivity contribution in [2.75, 3.05) is 0 Å². The molecule has 0 saturated heterocycles. The number of nitro groups is 1. The maximum absolute atomic E-state index is 11.8. The van der Waals surface area contributed by atoms with Gasteiger partial charge in [0.1, 0.15) is 5.69 Å². The van der Waals surface area contributed by atoms with E-state index in [4.69, 9.17) is 0 Å². The molecule has 8 nitrogen and oxygen atoms in total. The zero-order valence-electron chi connectivity index (χ0n) is 9.90. The van der Waals surface area contributed by atoms with Crippen molar-refractivity contribution >= 4 is 5.69 Å². The maximum atomic E-state index is 11.8. The van der Waals surface area contributed by atoms with Gasteiger partial charge < -0.3 is 0 Å². The van der Waals surface area contributed by atoms with Crippen molar-refractivity contribution < 1.29 is 4.92 Å². The number of tetrazole rings is 1. The van der Waals surface area contributed by atoms with Gasteiger partial charge in [-0.1, -0.05) is 6.07 Å². The summed E-state index contributed by atoms with van der Waals surface area (Å²) >= 11 is 0. The number of hydrogen-bond donors (Lipinski definition) is 0. The van der Waals surface area contributed by atoms with Crippen LogP contribution in [0.3, 0.4) is 0 Å². The highest BCUT2D eigenvalue weighted by Gasteiger charge is 2.19. The summed E-state index contributed by atoms with van der Waals surface area (Å²) in [7, 11) is 0. The van der Waals surface area contributed by atoms with Gasteiger partial charge in [0.15, 0.2) is 0 Å². The minimum Gasteiger partial charge on any atom is -0.258 e. The predicted molar refractivity (Wildman–Crippen MR) is 62.7 cm³/mol. The van der Waals surface area contributed by atoms with E-state index in [0.29, 0.717) is 6.54 Å². The largest absolute Gasteiger partial charge is 0.368 e. The molecule has 94 valence electrons. The molecule has 1 heterocycles. The number of nitro benzene ring substituents is 1. The Balaban J connectivity index is 2.67. The molecular weight excluding hydrogens is 238 g/mol. The van der Waals surface area contributed by atoms with E-state index < -0.39 is 10.6 Å². The molecule has 0 aliphatic carbocycles. The molecule has 2 aromatic rings. The first-order valence-electron chi connectivity index (χ1n) is 5.33. The molecule has 0 atom stereocenters. The molecule has 1 aromatic carbocycles. The average Bonchev–Trinajstić information content (AvgIpc) is 2.70. The summed E-state index contributed by atoms with van der Waals surface area (Å²) < 4.78 is 2.06. The minimum atomic E-state index is -0.542. The number of rotatable bonds is 3. The highest BCUT2D eigenvalue weighted by atomic mass is 16.6. The van der Waals surface area contributed by atoms with Crippen LogP contribution in [-0.2, 0) is 6.54 Å². The quantitative estimate of drug-likeness (QED) is 0.588. The Morgan fingerprint density at radius 2 is 2.11 bits per heavy atom. The first-order valence-corrected chi connectivity index (χ1v) is 5.33. The summed E-state index contributed by atoms with van der Waals surface area (Å²) in [6, 6.07) is 4.57. The van der Waals surface area contributed by atoms with Crippen LogP contribution in [0.1, 0.15) is 12.5 Å². The van der Waals surface area contributed by atoms with Crippen molar-refractivity contribution in [3.63, 3.8) is 0 Å². The van der Waals surface area contributed by atoms with Gasteiger partial charge in [-0.05, 0) is 35.9 Å². The predicted octanol–water partition coefficient (Wildman–Crippen LogP) is 0.666. The molecule has 0 unspecified atom stereocenters. The van der Waals surface area contributed by atoms with Crippen LogP contribution in [0.15, 0.2) is 23.0 Å². The monoisotopic (exact) mass is 249 g/mol. The molecule has 0 bridgehead atoms. The zero-order chi connectivity index (χ0) is 13.3. The van der Waals surface area contributed by atoms with Gasteiger partial charge in [0.05, 0.1) is 4.92 Å². The Bertz CT molecular complexity index is 658. The number of aromatic nitrogens is 4. The molecule has 2 rings (SSSR count). The van der Waals surface area contributed by atoms with E-state index >= 15 is 0 Å². The van der Waals surface area contributed by atoms with E-state index in [0.717, 1.165) is 14.9 Å². The average molecular weight is 249 g/mol. The van der Waals surface area contributed by atoms with Crippen molar-refractivity contribution in [2.24, 2.45) is 0 Å². The lowest BCUT2D eigenvalue weighted by molar-refractivity contribution is -0.384. The van der Waals surface area contributed by atoms with Crippen molar-refractivity contribution in [3.05, 3.63) is 44.4 Å². The summed E-state index contributed by atoms with van der Waals surface area (Å²) in [5.41, 5.74) is 0.196. The molecule has 0 N–H and O–H groups in total. The van der Waals surface area contributed by atoms with Gasteiger partial charge in [-0.3, -0.25) is 10.1 Å². The molecule has 0 radical (unpaired) electrons. The first kappa shape index (κ1) is 12.0. The van der Waals surface area contributed by atoms with Crippen LogP contribution in [0.4, 0.5) is 5.69 Å². The topological polar surface area (TPSA) is 95.8 Å². The summed E-state index contributed by atoms with van der Waals surface area (Å²) in [4.78, 5) is 22.3. The van der Waals surface area contributed by atoms with Crippen LogP contribution >= 0.6 is 0 Å². The van der Waals surface area contributed by atoms with E-state index in [1.807, 2.05) is 0 Å². The molecule has 8 heteroatoms. The third-order valence-electron chi connectivity index (χ3n) is 2.49. The third kappa shape index (κ3) is 1.88. The van der Waals surface area contributed by atoms with Gasteiger partial charge >= 0.3 is 5.69 Å². The summed E-state index contributed by atoms with van der Waals surface area (Å²) in [6.07, 6.45) is 0. The normalized spacial score (nSPS) is 10.6. The SMILES string of the molecule is CCn1nnn(-c2ccc(C)cc2[N+](=O)[O-])c1=O. The van der Waals surface area contributed by atoms with Crippen LogP contribution in [0.25, 0.3) is 5.69 Å². The van der Waals surface area contributed by atoms with Gasteiger partial charge in [0.25, 0.3) is 5.69 Å². The Kier molecular flexibility index (Phi) is 2.92. The van der Waals surface area contributed by atoms with Crippen LogP contribution in [0, 0.1) is 17.0 Å². The van der Waals surface area contributed by atoms with Crippen molar-refractivity contribution in [1.82, 2.24) is 19.8 Å². The van der Waals surface area contributed by atoms with Gasteiger partial charge in [0, 0.05) is 12.6 Å². The van der Waals surface area contributed by atoms with E-state index in [1.54, 1.807) is 19.9 Å². The Labute approximate surface area is 102 Å². The molecule has 1 aromatic heterocycles. The lowest BCUT2D eigenvalue weighted by Crippen LogP contribution is -2.24. The van der Waals surface area contributed by atoms with Gasteiger partial charge in [0.2, 0.25) is 0 Å². The molecular formula is C10H11N5O3. The van der Waals surface area contributed by atoms with Crippen LogP contribution in [0.5, 0.6) is 0 Å². The lowest BCUT2D eigenvalue weighted by atomic mass is 10.2. The van der Waals surface area contributed by atoms with Crippen LogP contribution < -0.4 is 5.69 Å². The number of aryl methyl sites for hydroxylation is 2. The van der Waals surface area contributed by atoms with E-state index in [9.17, 15) is 14.9 Å². The molecule has 0 aliphatic heterocycles. The van der Waals surface area contributed by atoms with Gasteiger partial charge in [-0.2, -0.15) is 9.36 Å². The molecule has 0 spiro atoms. The second kappa shape index (κ2) is 4.40. The van der Waals surface area contributed by atoms with Gasteiger partial charge in [-0.15, -0.1) is 0 Å². The number of hydrogen-bond acceptors (Lipinski definition) is 5. The maximum Gasteiger partial charge on any atom is 0.368 e. The highest BCUT2D eigenvalue weighted by molar-refractivity contribution is 5.53. The molecule has 0 aliphatic rings. The van der Waals surface area contributed by atoms with E-state index in [2.05, 4.69) is 10.4 Å². The summed E-state index contributed by atoms with van der Waals surface area (Å²) in [6.45, 7) is 3.84. The Hall–Kier alpha value is -2.51. The highest BCUT2D eigenvalue weighted by Crippen LogP contribution is 2.21. The second-order valence-electron chi connectivity index (χ2n) is 3.74. The van der Waals surface area contributed by atoms with E-state index in [-0.39, 0.29) is 11.4 Å². The third-order valence-corrected chi connectivity index (χ3v) is 2.49. The Morgan fingerprint density at radius 3 is 2.67 bits per heavy atom. The lowest BCUT2D eigenvalue weighted by Gasteiger charge is -2.01.